The van der Waals surface area contributed by atoms with Gasteiger partial charge in [0.2, 0.25) is 0 Å². The van der Waals surface area contributed by atoms with Crippen LogP contribution < -0.4 is 0 Å². The Bertz CT molecular complexity index is 668. The topological polar surface area (TPSA) is 65.1 Å². The molecule has 2 aliphatic heterocycles. The first-order chi connectivity index (χ1) is 12.4. The fourth-order valence-corrected chi connectivity index (χ4v) is 6.94. The SMILES string of the molecule is CC(=O)O[C@@H]1C[C@@H]2C(C)(C)C(=O)CC[C@@]2(C)[C@H]2CC[C@](C)([C@@H]3CO3)O[C@]21C. The molecule has 2 saturated carbocycles. The van der Waals surface area contributed by atoms with Crippen LogP contribution >= 0.6 is 0 Å². The molecule has 152 valence electrons. The largest absolute Gasteiger partial charge is 0.459 e. The number of epoxide rings is 1. The van der Waals surface area contributed by atoms with E-state index in [1.54, 1.807) is 0 Å². The second kappa shape index (κ2) is 5.79. The molecule has 0 aromatic rings. The van der Waals surface area contributed by atoms with E-state index in [1.807, 2.05) is 0 Å². The number of rotatable bonds is 2. The highest BCUT2D eigenvalue weighted by Gasteiger charge is 2.68. The van der Waals surface area contributed by atoms with Crippen LogP contribution in [0.25, 0.3) is 0 Å². The number of ketones is 1. The Morgan fingerprint density at radius 2 is 1.78 bits per heavy atom. The van der Waals surface area contributed by atoms with Gasteiger partial charge in [0.05, 0.1) is 12.2 Å². The van der Waals surface area contributed by atoms with Crippen molar-refractivity contribution >= 4 is 11.8 Å². The van der Waals surface area contributed by atoms with Gasteiger partial charge in [-0.25, -0.2) is 0 Å². The van der Waals surface area contributed by atoms with Gasteiger partial charge in [-0.1, -0.05) is 20.8 Å². The summed E-state index contributed by atoms with van der Waals surface area (Å²) in [7, 11) is 0. The van der Waals surface area contributed by atoms with E-state index in [9.17, 15) is 9.59 Å². The fraction of sp³-hybridized carbons (Fsp3) is 0.909. The maximum absolute atomic E-state index is 12.7. The van der Waals surface area contributed by atoms with Crippen LogP contribution in [-0.2, 0) is 23.8 Å². The Kier molecular flexibility index (Phi) is 4.16. The minimum Gasteiger partial charge on any atom is -0.459 e. The van der Waals surface area contributed by atoms with Crippen molar-refractivity contribution in [3.63, 3.8) is 0 Å². The van der Waals surface area contributed by atoms with Crippen LogP contribution in [-0.4, -0.2) is 41.8 Å². The van der Waals surface area contributed by atoms with Crippen LogP contribution in [0, 0.1) is 22.7 Å². The summed E-state index contributed by atoms with van der Waals surface area (Å²) in [5, 5.41) is 0. The second-order valence-corrected chi connectivity index (χ2v) is 10.5. The summed E-state index contributed by atoms with van der Waals surface area (Å²) in [5.74, 6) is 0.510. The average Bonchev–Trinajstić information content (AvgIpc) is 3.38. The maximum atomic E-state index is 12.7. The zero-order valence-corrected chi connectivity index (χ0v) is 17.6. The van der Waals surface area contributed by atoms with Gasteiger partial charge in [0.1, 0.15) is 23.6 Å². The van der Waals surface area contributed by atoms with Gasteiger partial charge in [0, 0.05) is 18.8 Å². The first kappa shape index (κ1) is 19.4. The molecule has 0 amide bonds. The van der Waals surface area contributed by atoms with Gasteiger partial charge in [0.25, 0.3) is 0 Å². The van der Waals surface area contributed by atoms with Crippen molar-refractivity contribution in [2.75, 3.05) is 6.61 Å². The molecule has 4 aliphatic rings. The number of hydrogen-bond donors (Lipinski definition) is 0. The van der Waals surface area contributed by atoms with Crippen molar-refractivity contribution in [2.24, 2.45) is 22.7 Å². The maximum Gasteiger partial charge on any atom is 0.303 e. The van der Waals surface area contributed by atoms with Crippen molar-refractivity contribution in [3.8, 4) is 0 Å². The first-order valence-electron chi connectivity index (χ1n) is 10.5. The van der Waals surface area contributed by atoms with Gasteiger partial charge >= 0.3 is 5.97 Å². The third kappa shape index (κ3) is 2.71. The molecule has 0 radical (unpaired) electrons. The van der Waals surface area contributed by atoms with Gasteiger partial charge in [-0.05, 0) is 56.8 Å². The highest BCUT2D eigenvalue weighted by atomic mass is 16.6. The number of ether oxygens (including phenoxy) is 3. The third-order valence-electron chi connectivity index (χ3n) is 8.56. The number of esters is 1. The lowest BCUT2D eigenvalue weighted by molar-refractivity contribution is -0.303. The molecule has 0 bridgehead atoms. The first-order valence-corrected chi connectivity index (χ1v) is 10.5. The van der Waals surface area contributed by atoms with Crippen molar-refractivity contribution in [1.82, 2.24) is 0 Å². The predicted molar refractivity (Wildman–Crippen MR) is 100 cm³/mol. The molecule has 5 heteroatoms. The number of carbonyl (C=O) groups is 2. The molecule has 0 aromatic heterocycles. The van der Waals surface area contributed by atoms with E-state index >= 15 is 0 Å². The van der Waals surface area contributed by atoms with Crippen molar-refractivity contribution < 1.29 is 23.8 Å². The Balaban J connectivity index is 1.76. The van der Waals surface area contributed by atoms with Crippen molar-refractivity contribution in [1.29, 1.82) is 0 Å². The van der Waals surface area contributed by atoms with Crippen LogP contribution in [0.5, 0.6) is 0 Å². The average molecular weight is 379 g/mol. The van der Waals surface area contributed by atoms with E-state index in [2.05, 4.69) is 34.6 Å². The molecule has 27 heavy (non-hydrogen) atoms. The second-order valence-electron chi connectivity index (χ2n) is 10.5. The number of hydrogen-bond acceptors (Lipinski definition) is 5. The summed E-state index contributed by atoms with van der Waals surface area (Å²) in [6, 6.07) is 0. The third-order valence-corrected chi connectivity index (χ3v) is 8.56. The van der Waals surface area contributed by atoms with Gasteiger partial charge < -0.3 is 14.2 Å². The zero-order valence-electron chi connectivity index (χ0n) is 17.6. The van der Waals surface area contributed by atoms with E-state index in [1.165, 1.54) is 6.92 Å². The van der Waals surface area contributed by atoms with Crippen LogP contribution in [0.3, 0.4) is 0 Å². The van der Waals surface area contributed by atoms with Gasteiger partial charge in [0.15, 0.2) is 0 Å². The molecule has 4 rings (SSSR count). The summed E-state index contributed by atoms with van der Waals surface area (Å²) in [5.41, 5.74) is -1.26. The summed E-state index contributed by atoms with van der Waals surface area (Å²) in [4.78, 5) is 24.7. The monoisotopic (exact) mass is 378 g/mol. The highest BCUT2D eigenvalue weighted by molar-refractivity contribution is 5.85. The van der Waals surface area contributed by atoms with Crippen LogP contribution in [0.4, 0.5) is 0 Å². The van der Waals surface area contributed by atoms with Crippen molar-refractivity contribution in [2.45, 2.75) is 97.1 Å². The summed E-state index contributed by atoms with van der Waals surface area (Å²) in [6.45, 7) is 13.0. The van der Waals surface area contributed by atoms with Gasteiger partial charge in [-0.2, -0.15) is 0 Å². The lowest BCUT2D eigenvalue weighted by Crippen LogP contribution is -2.70. The van der Waals surface area contributed by atoms with E-state index < -0.39 is 11.0 Å². The molecule has 0 N–H and O–H groups in total. The molecule has 7 atom stereocenters. The van der Waals surface area contributed by atoms with Crippen LogP contribution in [0.1, 0.15) is 73.6 Å². The minimum absolute atomic E-state index is 0.00848. The Hall–Kier alpha value is -0.940. The van der Waals surface area contributed by atoms with E-state index in [-0.39, 0.29) is 41.0 Å². The molecular weight excluding hydrogens is 344 g/mol. The molecule has 0 unspecified atom stereocenters. The molecule has 0 aromatic carbocycles. The molecule has 2 saturated heterocycles. The smallest absolute Gasteiger partial charge is 0.303 e. The molecule has 0 spiro atoms. The number of carbonyl (C=O) groups excluding carboxylic acids is 2. The molecule has 2 aliphatic carbocycles. The Morgan fingerprint density at radius 3 is 2.37 bits per heavy atom. The van der Waals surface area contributed by atoms with Crippen molar-refractivity contribution in [3.05, 3.63) is 0 Å². The predicted octanol–water partition coefficient (Wildman–Crippen LogP) is 3.68. The van der Waals surface area contributed by atoms with E-state index in [4.69, 9.17) is 14.2 Å². The summed E-state index contributed by atoms with van der Waals surface area (Å²) < 4.78 is 18.3. The Morgan fingerprint density at radius 1 is 1.11 bits per heavy atom. The normalized spacial score (nSPS) is 51.1. The molecule has 5 nitrogen and oxygen atoms in total. The summed E-state index contributed by atoms with van der Waals surface area (Å²) >= 11 is 0. The van der Waals surface area contributed by atoms with Crippen LogP contribution in [0.15, 0.2) is 0 Å². The van der Waals surface area contributed by atoms with Gasteiger partial charge in [-0.3, -0.25) is 9.59 Å². The molecule has 2 heterocycles. The Labute approximate surface area is 162 Å². The molecule has 4 fully saturated rings. The summed E-state index contributed by atoms with van der Waals surface area (Å²) in [6.07, 6.45) is 3.98. The van der Waals surface area contributed by atoms with E-state index in [0.717, 1.165) is 25.9 Å². The minimum atomic E-state index is -0.549. The molecular formula is C22H34O5. The van der Waals surface area contributed by atoms with E-state index in [0.29, 0.717) is 18.6 Å². The standard InChI is InChI=1S/C22H34O5/c1-13(23)26-17-11-15-19(2,3)16(24)8-9-20(15,4)14-7-10-21(5,18-12-25-18)27-22(14,17)6/h14-15,17-18H,7-12H2,1-6H3/t14-,15-,17-,18+,20+,21-,22-/m1/s1. The fourth-order valence-electron chi connectivity index (χ4n) is 6.94. The lowest BCUT2D eigenvalue weighted by atomic mass is 9.43. The van der Waals surface area contributed by atoms with Crippen LogP contribution in [0.2, 0.25) is 0 Å². The zero-order chi connectivity index (χ0) is 19.8. The quantitative estimate of drug-likeness (QED) is 0.542. The lowest BCUT2D eigenvalue weighted by Gasteiger charge is -2.66. The van der Waals surface area contributed by atoms with Gasteiger partial charge in [-0.15, -0.1) is 0 Å². The number of fused-ring (bicyclic) bond motifs is 3. The number of Topliss-reactive ketones (excluding diaryl/α,β-unsaturated/α-hetero) is 1. The highest BCUT2D eigenvalue weighted by Crippen LogP contribution is 2.65.